The molecule has 3 rings (SSSR count). The highest BCUT2D eigenvalue weighted by molar-refractivity contribution is 7.71. The second-order valence-corrected chi connectivity index (χ2v) is 7.08. The number of hydrogen-bond donors (Lipinski definition) is 2. The summed E-state index contributed by atoms with van der Waals surface area (Å²) >= 11 is 5.60. The molecule has 1 aliphatic rings. The maximum atomic E-state index is 12.0. The van der Waals surface area contributed by atoms with Crippen LogP contribution >= 0.6 is 12.2 Å². The van der Waals surface area contributed by atoms with Gasteiger partial charge in [0, 0.05) is 18.2 Å². The van der Waals surface area contributed by atoms with Gasteiger partial charge in [0.05, 0.1) is 14.2 Å². The molecule has 0 radical (unpaired) electrons. The summed E-state index contributed by atoms with van der Waals surface area (Å²) in [6.45, 7) is 3.75. The van der Waals surface area contributed by atoms with Gasteiger partial charge < -0.3 is 19.5 Å². The maximum Gasteiger partial charge on any atom is 0.275 e. The van der Waals surface area contributed by atoms with Gasteiger partial charge >= 0.3 is 0 Å². The van der Waals surface area contributed by atoms with Gasteiger partial charge in [0.1, 0.15) is 5.75 Å². The van der Waals surface area contributed by atoms with Crippen LogP contribution in [0.2, 0.25) is 0 Å². The molecule has 8 heteroatoms. The Morgan fingerprint density at radius 3 is 2.65 bits per heavy atom. The van der Waals surface area contributed by atoms with E-state index >= 15 is 0 Å². The van der Waals surface area contributed by atoms with Gasteiger partial charge in [0.2, 0.25) is 4.77 Å². The number of nitrogens with one attached hydrogen (secondary N) is 2. The van der Waals surface area contributed by atoms with Gasteiger partial charge in [-0.3, -0.25) is 4.79 Å². The Kier molecular flexibility index (Phi) is 5.73. The van der Waals surface area contributed by atoms with E-state index in [9.17, 15) is 4.79 Å². The molecule has 1 aromatic carbocycles. The summed E-state index contributed by atoms with van der Waals surface area (Å²) in [5.74, 6) is 1.72. The van der Waals surface area contributed by atoms with Crippen molar-refractivity contribution >= 4 is 18.1 Å². The van der Waals surface area contributed by atoms with E-state index in [0.717, 1.165) is 41.4 Å². The minimum Gasteiger partial charge on any atom is -0.497 e. The van der Waals surface area contributed by atoms with Crippen LogP contribution in [-0.4, -0.2) is 47.0 Å². The third kappa shape index (κ3) is 4.31. The van der Waals surface area contributed by atoms with Crippen molar-refractivity contribution in [3.05, 3.63) is 29.0 Å². The molecule has 1 amide bonds. The number of aromatic nitrogens is 3. The second-order valence-electron chi connectivity index (χ2n) is 6.71. The fraction of sp³-hybridized carbons (Fsp3) is 0.500. The molecule has 1 aromatic heterocycles. The number of benzene rings is 1. The van der Waals surface area contributed by atoms with E-state index in [0.29, 0.717) is 24.0 Å². The van der Waals surface area contributed by atoms with Crippen molar-refractivity contribution in [3.8, 4) is 17.1 Å². The van der Waals surface area contributed by atoms with E-state index in [1.54, 1.807) is 11.8 Å². The number of likely N-dealkylation sites (N-methyl/N-ethyl adjacent to an activating group) is 1. The molecule has 1 saturated carbocycles. The Bertz CT molecular complexity index is 823. The van der Waals surface area contributed by atoms with Crippen LogP contribution < -0.4 is 15.0 Å². The van der Waals surface area contributed by atoms with Crippen molar-refractivity contribution in [2.45, 2.75) is 39.0 Å². The normalized spacial score (nSPS) is 14.9. The van der Waals surface area contributed by atoms with Crippen molar-refractivity contribution < 1.29 is 14.4 Å². The molecular weight excluding hydrogens is 350 g/mol. The lowest BCUT2D eigenvalue weighted by atomic mass is 10.2. The van der Waals surface area contributed by atoms with Crippen LogP contribution in [-0.2, 0) is 18.0 Å². The number of hydrogen-bond acceptors (Lipinski definition) is 4. The highest BCUT2D eigenvalue weighted by Gasteiger charge is 2.24. The average Bonchev–Trinajstić information content (AvgIpc) is 3.38. The molecule has 2 N–H and O–H groups in total. The van der Waals surface area contributed by atoms with E-state index in [4.69, 9.17) is 22.1 Å². The number of carbonyl (C=O) groups excluding carboxylic acids is 1. The van der Waals surface area contributed by atoms with Crippen LogP contribution in [0, 0.1) is 4.77 Å². The Balaban J connectivity index is 1.75. The summed E-state index contributed by atoms with van der Waals surface area (Å²) in [5.41, 5.74) is 0.988. The van der Waals surface area contributed by atoms with Crippen LogP contribution in [0.1, 0.15) is 19.8 Å². The lowest BCUT2D eigenvalue weighted by molar-refractivity contribution is -0.895. The van der Waals surface area contributed by atoms with E-state index in [2.05, 4.69) is 12.2 Å². The van der Waals surface area contributed by atoms with Crippen molar-refractivity contribution in [2.75, 3.05) is 20.7 Å². The van der Waals surface area contributed by atoms with Gasteiger partial charge in [-0.2, -0.15) is 4.68 Å². The van der Waals surface area contributed by atoms with Gasteiger partial charge in [-0.1, -0.05) is 0 Å². The highest BCUT2D eigenvalue weighted by Crippen LogP contribution is 2.21. The maximum absolute atomic E-state index is 12.0. The summed E-state index contributed by atoms with van der Waals surface area (Å²) in [5, 5.41) is 7.73. The smallest absolute Gasteiger partial charge is 0.275 e. The van der Waals surface area contributed by atoms with Crippen LogP contribution in [0.4, 0.5) is 0 Å². The van der Waals surface area contributed by atoms with Crippen molar-refractivity contribution in [1.82, 2.24) is 19.7 Å². The van der Waals surface area contributed by atoms with Gasteiger partial charge in [-0.25, -0.2) is 0 Å². The second kappa shape index (κ2) is 8.01. The van der Waals surface area contributed by atoms with Crippen LogP contribution in [0.25, 0.3) is 11.4 Å². The Morgan fingerprint density at radius 1 is 1.38 bits per heavy atom. The number of rotatable bonds is 8. The number of carbonyl (C=O) groups is 1. The number of nitrogens with zero attached hydrogens (tertiary/aromatic N) is 3. The summed E-state index contributed by atoms with van der Waals surface area (Å²) in [6, 6.07) is 8.17. The van der Waals surface area contributed by atoms with Crippen LogP contribution in [0.15, 0.2) is 24.3 Å². The first kappa shape index (κ1) is 18.6. The molecule has 0 spiro atoms. The summed E-state index contributed by atoms with van der Waals surface area (Å²) in [7, 11) is 3.63. The van der Waals surface area contributed by atoms with Gasteiger partial charge in [-0.05, 0) is 56.2 Å². The van der Waals surface area contributed by atoms with E-state index in [-0.39, 0.29) is 5.91 Å². The lowest BCUT2D eigenvalue weighted by Gasteiger charge is -2.13. The number of ether oxygens (including phenoxy) is 1. The van der Waals surface area contributed by atoms with E-state index in [1.165, 1.54) is 0 Å². The molecule has 2 aromatic rings. The van der Waals surface area contributed by atoms with Gasteiger partial charge in [-0.15, -0.1) is 5.10 Å². The van der Waals surface area contributed by atoms with Crippen LogP contribution in [0.3, 0.4) is 0 Å². The molecule has 0 bridgehead atoms. The third-order valence-electron chi connectivity index (χ3n) is 4.41. The molecule has 26 heavy (non-hydrogen) atoms. The van der Waals surface area contributed by atoms with Crippen LogP contribution in [0.5, 0.6) is 5.75 Å². The first-order chi connectivity index (χ1) is 12.5. The molecule has 1 heterocycles. The number of methoxy groups -OCH3 is 1. The predicted molar refractivity (Wildman–Crippen MR) is 102 cm³/mol. The molecule has 1 aliphatic carbocycles. The molecule has 0 saturated heterocycles. The lowest BCUT2D eigenvalue weighted by Crippen LogP contribution is -3.09. The minimum absolute atomic E-state index is 0.0850. The fourth-order valence-electron chi connectivity index (χ4n) is 2.87. The third-order valence-corrected chi connectivity index (χ3v) is 4.84. The molecule has 1 fully saturated rings. The summed E-state index contributed by atoms with van der Waals surface area (Å²) in [6.07, 6.45) is 2.20. The average molecular weight is 377 g/mol. The Morgan fingerprint density at radius 2 is 2.08 bits per heavy atom. The zero-order chi connectivity index (χ0) is 18.7. The van der Waals surface area contributed by atoms with Crippen molar-refractivity contribution in [3.63, 3.8) is 0 Å². The standard InChI is InChI=1S/C18H25N5O2S/c1-4-22-17(13-5-9-15(25-3)10-6-13)20-23(18(22)26)12-21(2)11-16(24)19-14-7-8-14/h5-6,9-10,14H,4,7-8,11-12H2,1-3H3,(H,19,24)/p+1. The molecule has 7 nitrogen and oxygen atoms in total. The zero-order valence-electron chi connectivity index (χ0n) is 15.5. The topological polar surface area (TPSA) is 65.5 Å². The minimum atomic E-state index is 0.0850. The zero-order valence-corrected chi connectivity index (χ0v) is 16.3. The molecule has 1 unspecified atom stereocenters. The number of quaternary nitrogens is 1. The first-order valence-electron chi connectivity index (χ1n) is 8.94. The molecule has 140 valence electrons. The Labute approximate surface area is 158 Å². The van der Waals surface area contributed by atoms with Crippen molar-refractivity contribution in [2.24, 2.45) is 0 Å². The largest absolute Gasteiger partial charge is 0.497 e. The molecule has 1 atom stereocenters. The molecule has 0 aliphatic heterocycles. The highest BCUT2D eigenvalue weighted by atomic mass is 32.1. The number of amides is 1. The SMILES string of the molecule is CCn1c(-c2ccc(OC)cc2)nn(C[NH+](C)CC(=O)NC2CC2)c1=S. The van der Waals surface area contributed by atoms with Gasteiger partial charge in [0.15, 0.2) is 19.0 Å². The quantitative estimate of drug-likeness (QED) is 0.671. The molecular formula is C18H26N5O2S+. The fourth-order valence-corrected chi connectivity index (χ4v) is 3.20. The Hall–Kier alpha value is -2.19. The summed E-state index contributed by atoms with van der Waals surface area (Å²) in [4.78, 5) is 13.0. The van der Waals surface area contributed by atoms with Gasteiger partial charge in [0.25, 0.3) is 5.91 Å². The predicted octanol–water partition coefficient (Wildman–Crippen LogP) is 0.860. The van der Waals surface area contributed by atoms with E-state index < -0.39 is 0 Å². The van der Waals surface area contributed by atoms with Crippen molar-refractivity contribution in [1.29, 1.82) is 0 Å². The summed E-state index contributed by atoms with van der Waals surface area (Å²) < 4.78 is 9.70. The first-order valence-corrected chi connectivity index (χ1v) is 9.35. The van der Waals surface area contributed by atoms with E-state index in [1.807, 2.05) is 35.9 Å². The monoisotopic (exact) mass is 376 g/mol.